The maximum atomic E-state index is 11.1. The number of pyridine rings is 1. The van der Waals surface area contributed by atoms with Gasteiger partial charge in [0, 0.05) is 18.0 Å². The van der Waals surface area contributed by atoms with Crippen LogP contribution < -0.4 is 5.32 Å². The number of nitrogens with one attached hydrogen (secondary N) is 1. The van der Waals surface area contributed by atoms with Crippen LogP contribution >= 0.6 is 0 Å². The third-order valence-electron chi connectivity index (χ3n) is 1.80. The Bertz CT molecular complexity index is 415. The Labute approximate surface area is 85.6 Å². The van der Waals surface area contributed by atoms with Gasteiger partial charge in [0.2, 0.25) is 5.91 Å². The van der Waals surface area contributed by atoms with E-state index in [1.807, 2.05) is 0 Å². The SMILES string of the molecule is O=C1CN(/N=C/c2cccnc2)C(=O)N1. The number of carbonyl (C=O) groups excluding carboxylic acids is 2. The van der Waals surface area contributed by atoms with E-state index in [0.29, 0.717) is 0 Å². The van der Waals surface area contributed by atoms with Crippen LogP contribution in [0, 0.1) is 0 Å². The molecule has 1 fully saturated rings. The summed E-state index contributed by atoms with van der Waals surface area (Å²) in [5.41, 5.74) is 0.768. The zero-order valence-corrected chi connectivity index (χ0v) is 7.75. The molecule has 0 unspecified atom stereocenters. The van der Waals surface area contributed by atoms with Gasteiger partial charge in [0.1, 0.15) is 6.54 Å². The van der Waals surface area contributed by atoms with Gasteiger partial charge >= 0.3 is 6.03 Å². The van der Waals surface area contributed by atoms with E-state index in [1.54, 1.807) is 24.5 Å². The first-order valence-corrected chi connectivity index (χ1v) is 4.31. The lowest BCUT2D eigenvalue weighted by Crippen LogP contribution is -2.24. The first kappa shape index (κ1) is 9.32. The summed E-state index contributed by atoms with van der Waals surface area (Å²) in [5.74, 6) is -0.344. The van der Waals surface area contributed by atoms with Crippen molar-refractivity contribution < 1.29 is 9.59 Å². The number of rotatable bonds is 2. The molecule has 0 atom stereocenters. The van der Waals surface area contributed by atoms with Gasteiger partial charge in [-0.25, -0.2) is 9.80 Å². The molecule has 1 saturated heterocycles. The van der Waals surface area contributed by atoms with Crippen LogP contribution in [-0.2, 0) is 4.79 Å². The molecule has 6 heteroatoms. The normalized spacial score (nSPS) is 16.1. The molecule has 1 aromatic rings. The van der Waals surface area contributed by atoms with E-state index in [0.717, 1.165) is 10.6 Å². The number of aromatic nitrogens is 1. The van der Waals surface area contributed by atoms with Crippen molar-refractivity contribution in [3.05, 3.63) is 30.1 Å². The first-order chi connectivity index (χ1) is 7.25. The van der Waals surface area contributed by atoms with Crippen molar-refractivity contribution in [3.8, 4) is 0 Å². The largest absolute Gasteiger partial charge is 0.344 e. The van der Waals surface area contributed by atoms with E-state index in [-0.39, 0.29) is 12.5 Å². The number of amides is 3. The number of hydrogen-bond acceptors (Lipinski definition) is 4. The van der Waals surface area contributed by atoms with E-state index < -0.39 is 6.03 Å². The molecular weight excluding hydrogens is 196 g/mol. The van der Waals surface area contributed by atoms with Crippen LogP contribution in [0.2, 0.25) is 0 Å². The molecule has 0 bridgehead atoms. The fraction of sp³-hybridized carbons (Fsp3) is 0.111. The van der Waals surface area contributed by atoms with Gasteiger partial charge in [0.15, 0.2) is 0 Å². The van der Waals surface area contributed by atoms with Gasteiger partial charge in [-0.3, -0.25) is 15.1 Å². The van der Waals surface area contributed by atoms with Crippen molar-refractivity contribution in [2.45, 2.75) is 0 Å². The van der Waals surface area contributed by atoms with Gasteiger partial charge in [-0.15, -0.1) is 0 Å². The molecule has 1 aliphatic rings. The number of imide groups is 1. The summed E-state index contributed by atoms with van der Waals surface area (Å²) in [7, 11) is 0. The molecule has 1 aliphatic heterocycles. The molecule has 1 aromatic heterocycles. The number of urea groups is 1. The molecule has 1 N–H and O–H groups in total. The minimum atomic E-state index is -0.500. The highest BCUT2D eigenvalue weighted by atomic mass is 16.2. The lowest BCUT2D eigenvalue weighted by atomic mass is 10.3. The van der Waals surface area contributed by atoms with Gasteiger partial charge in [0.05, 0.1) is 6.21 Å². The van der Waals surface area contributed by atoms with Crippen LogP contribution in [0.1, 0.15) is 5.56 Å². The Kier molecular flexibility index (Phi) is 2.40. The quantitative estimate of drug-likeness (QED) is 0.543. The Morgan fingerprint density at radius 3 is 3.00 bits per heavy atom. The van der Waals surface area contributed by atoms with Gasteiger partial charge in [0.25, 0.3) is 0 Å². The van der Waals surface area contributed by atoms with Crippen LogP contribution in [0.25, 0.3) is 0 Å². The van der Waals surface area contributed by atoms with Crippen LogP contribution in [-0.4, -0.2) is 34.7 Å². The molecule has 2 rings (SSSR count). The van der Waals surface area contributed by atoms with E-state index >= 15 is 0 Å². The number of nitrogens with zero attached hydrogens (tertiary/aromatic N) is 3. The van der Waals surface area contributed by atoms with Crippen LogP contribution in [0.15, 0.2) is 29.6 Å². The molecule has 0 saturated carbocycles. The summed E-state index contributed by atoms with van der Waals surface area (Å²) < 4.78 is 0. The van der Waals surface area contributed by atoms with Crippen molar-refractivity contribution in [1.29, 1.82) is 0 Å². The second-order valence-electron chi connectivity index (χ2n) is 2.94. The zero-order chi connectivity index (χ0) is 10.7. The molecule has 76 valence electrons. The van der Waals surface area contributed by atoms with Gasteiger partial charge in [-0.2, -0.15) is 5.10 Å². The Morgan fingerprint density at radius 2 is 2.40 bits per heavy atom. The Morgan fingerprint density at radius 1 is 1.53 bits per heavy atom. The third kappa shape index (κ3) is 2.16. The highest BCUT2D eigenvalue weighted by Crippen LogP contribution is 1.99. The molecule has 0 aliphatic carbocycles. The first-order valence-electron chi connectivity index (χ1n) is 4.31. The highest BCUT2D eigenvalue weighted by Gasteiger charge is 2.25. The average Bonchev–Trinajstić information content (AvgIpc) is 2.56. The van der Waals surface area contributed by atoms with Crippen LogP contribution in [0.5, 0.6) is 0 Å². The van der Waals surface area contributed by atoms with E-state index in [4.69, 9.17) is 0 Å². The Hall–Kier alpha value is -2.24. The fourth-order valence-electron chi connectivity index (χ4n) is 1.11. The summed E-state index contributed by atoms with van der Waals surface area (Å²) >= 11 is 0. The minimum Gasteiger partial charge on any atom is -0.275 e. The summed E-state index contributed by atoms with van der Waals surface area (Å²) in [6, 6.07) is 3.06. The minimum absolute atomic E-state index is 0.0321. The molecular formula is C9H8N4O2. The predicted octanol–water partition coefficient (Wildman–Crippen LogP) is -0.0327. The van der Waals surface area contributed by atoms with Crippen LogP contribution in [0.4, 0.5) is 4.79 Å². The average molecular weight is 204 g/mol. The number of carbonyl (C=O) groups is 2. The van der Waals surface area contributed by atoms with Crippen molar-refractivity contribution in [1.82, 2.24) is 15.3 Å². The van der Waals surface area contributed by atoms with Gasteiger partial charge < -0.3 is 0 Å². The summed E-state index contributed by atoms with van der Waals surface area (Å²) in [6.07, 6.45) is 4.73. The lowest BCUT2D eigenvalue weighted by molar-refractivity contribution is -0.118. The zero-order valence-electron chi connectivity index (χ0n) is 7.75. The number of hydrogen-bond donors (Lipinski definition) is 1. The predicted molar refractivity (Wildman–Crippen MR) is 52.1 cm³/mol. The standard InChI is InChI=1S/C9H8N4O2/c14-8-6-13(9(15)12-8)11-5-7-2-1-3-10-4-7/h1-5H,6H2,(H,12,14,15)/b11-5+. The van der Waals surface area contributed by atoms with Crippen molar-refractivity contribution in [2.75, 3.05) is 6.54 Å². The number of hydrazone groups is 1. The van der Waals surface area contributed by atoms with E-state index in [2.05, 4.69) is 15.4 Å². The fourth-order valence-corrected chi connectivity index (χ4v) is 1.11. The monoisotopic (exact) mass is 204 g/mol. The molecule has 3 amide bonds. The molecule has 0 aromatic carbocycles. The molecule has 0 spiro atoms. The van der Waals surface area contributed by atoms with E-state index in [9.17, 15) is 9.59 Å². The smallest absolute Gasteiger partial charge is 0.275 e. The second-order valence-corrected chi connectivity index (χ2v) is 2.94. The lowest BCUT2D eigenvalue weighted by Gasteiger charge is -2.03. The molecule has 6 nitrogen and oxygen atoms in total. The molecule has 15 heavy (non-hydrogen) atoms. The maximum Gasteiger partial charge on any atom is 0.344 e. The summed E-state index contributed by atoms with van der Waals surface area (Å²) in [4.78, 5) is 25.8. The maximum absolute atomic E-state index is 11.1. The van der Waals surface area contributed by atoms with Crippen molar-refractivity contribution in [2.24, 2.45) is 5.10 Å². The van der Waals surface area contributed by atoms with Crippen molar-refractivity contribution >= 4 is 18.2 Å². The molecule has 2 heterocycles. The van der Waals surface area contributed by atoms with Crippen LogP contribution in [0.3, 0.4) is 0 Å². The summed E-state index contributed by atoms with van der Waals surface area (Å²) in [5, 5.41) is 7.05. The van der Waals surface area contributed by atoms with E-state index in [1.165, 1.54) is 6.21 Å². The topological polar surface area (TPSA) is 74.7 Å². The second kappa shape index (κ2) is 3.87. The van der Waals surface area contributed by atoms with Gasteiger partial charge in [-0.1, -0.05) is 6.07 Å². The molecule has 0 radical (unpaired) electrons. The summed E-state index contributed by atoms with van der Waals surface area (Å²) in [6.45, 7) is -0.0321. The van der Waals surface area contributed by atoms with Gasteiger partial charge in [-0.05, 0) is 6.07 Å². The highest BCUT2D eigenvalue weighted by molar-refractivity contribution is 6.02. The van der Waals surface area contributed by atoms with Crippen molar-refractivity contribution in [3.63, 3.8) is 0 Å². The third-order valence-corrected chi connectivity index (χ3v) is 1.80. The Balaban J connectivity index is 2.06.